The lowest BCUT2D eigenvalue weighted by atomic mass is 10.1. The van der Waals surface area contributed by atoms with Crippen LogP contribution in [0.25, 0.3) is 0 Å². The van der Waals surface area contributed by atoms with Crippen LogP contribution in [0.15, 0.2) is 0 Å². The average Bonchev–Trinajstić information content (AvgIpc) is 2.66. The standard InChI is InChI=1S/C12H26N2O2/c1-10(13)6-4-5-7-14-8-11(15-2)12(9-14)16-3/h10-12H,4-9,13H2,1-3H3. The van der Waals surface area contributed by atoms with E-state index in [2.05, 4.69) is 11.8 Å². The molecule has 1 fully saturated rings. The highest BCUT2D eigenvalue weighted by Crippen LogP contribution is 2.16. The number of nitrogens with two attached hydrogens (primary N) is 1. The second-order valence-corrected chi connectivity index (χ2v) is 4.78. The van der Waals surface area contributed by atoms with Crippen molar-refractivity contribution in [3.05, 3.63) is 0 Å². The highest BCUT2D eigenvalue weighted by Gasteiger charge is 2.32. The van der Waals surface area contributed by atoms with Crippen LogP contribution in [-0.2, 0) is 9.47 Å². The van der Waals surface area contributed by atoms with E-state index in [9.17, 15) is 0 Å². The van der Waals surface area contributed by atoms with E-state index in [0.29, 0.717) is 6.04 Å². The summed E-state index contributed by atoms with van der Waals surface area (Å²) in [5.74, 6) is 0. The van der Waals surface area contributed by atoms with Crippen LogP contribution in [0, 0.1) is 0 Å². The van der Waals surface area contributed by atoms with E-state index < -0.39 is 0 Å². The molecular weight excluding hydrogens is 204 g/mol. The van der Waals surface area contributed by atoms with Gasteiger partial charge >= 0.3 is 0 Å². The summed E-state index contributed by atoms with van der Waals surface area (Å²) in [5.41, 5.74) is 5.72. The Labute approximate surface area is 99.1 Å². The first-order valence-electron chi connectivity index (χ1n) is 6.21. The minimum atomic E-state index is 0.235. The fraction of sp³-hybridized carbons (Fsp3) is 1.00. The van der Waals surface area contributed by atoms with E-state index in [1.807, 2.05) is 0 Å². The third kappa shape index (κ3) is 4.37. The van der Waals surface area contributed by atoms with Crippen LogP contribution in [0.2, 0.25) is 0 Å². The van der Waals surface area contributed by atoms with E-state index in [1.54, 1.807) is 14.2 Å². The van der Waals surface area contributed by atoms with E-state index in [4.69, 9.17) is 15.2 Å². The van der Waals surface area contributed by atoms with Crippen molar-refractivity contribution in [3.63, 3.8) is 0 Å². The number of ether oxygens (including phenoxy) is 2. The zero-order valence-corrected chi connectivity index (χ0v) is 10.8. The lowest BCUT2D eigenvalue weighted by Crippen LogP contribution is -2.27. The second-order valence-electron chi connectivity index (χ2n) is 4.78. The summed E-state index contributed by atoms with van der Waals surface area (Å²) in [6, 6.07) is 0.331. The molecule has 0 radical (unpaired) electrons. The lowest BCUT2D eigenvalue weighted by Gasteiger charge is -2.15. The van der Waals surface area contributed by atoms with Gasteiger partial charge in [0.05, 0.1) is 12.2 Å². The molecule has 1 heterocycles. The predicted molar refractivity (Wildman–Crippen MR) is 65.5 cm³/mol. The summed E-state index contributed by atoms with van der Waals surface area (Å²) >= 11 is 0. The van der Waals surface area contributed by atoms with Crippen molar-refractivity contribution < 1.29 is 9.47 Å². The third-order valence-electron chi connectivity index (χ3n) is 3.28. The number of hydrogen-bond acceptors (Lipinski definition) is 4. The quantitative estimate of drug-likeness (QED) is 0.659. The lowest BCUT2D eigenvalue weighted by molar-refractivity contribution is -0.00461. The summed E-state index contributed by atoms with van der Waals surface area (Å²) in [6.45, 7) is 5.19. The van der Waals surface area contributed by atoms with Gasteiger partial charge in [0, 0.05) is 33.4 Å². The Balaban J connectivity index is 2.15. The Bertz CT molecular complexity index is 176. The van der Waals surface area contributed by atoms with Gasteiger partial charge in [-0.25, -0.2) is 0 Å². The highest BCUT2D eigenvalue weighted by molar-refractivity contribution is 4.85. The molecule has 4 heteroatoms. The van der Waals surface area contributed by atoms with Crippen LogP contribution in [0.4, 0.5) is 0 Å². The number of hydrogen-bond donors (Lipinski definition) is 1. The molecule has 3 unspecified atom stereocenters. The van der Waals surface area contributed by atoms with Crippen molar-refractivity contribution >= 4 is 0 Å². The zero-order valence-electron chi connectivity index (χ0n) is 10.8. The summed E-state index contributed by atoms with van der Waals surface area (Å²) in [4.78, 5) is 2.42. The molecule has 3 atom stereocenters. The van der Waals surface area contributed by atoms with Gasteiger partial charge in [-0.2, -0.15) is 0 Å². The first kappa shape index (κ1) is 13.9. The van der Waals surface area contributed by atoms with Crippen LogP contribution in [0.1, 0.15) is 26.2 Å². The first-order chi connectivity index (χ1) is 7.67. The normalized spacial score (nSPS) is 28.5. The molecule has 2 N–H and O–H groups in total. The summed E-state index contributed by atoms with van der Waals surface area (Å²) < 4.78 is 10.8. The fourth-order valence-electron chi connectivity index (χ4n) is 2.26. The van der Waals surface area contributed by atoms with Crippen molar-refractivity contribution in [1.29, 1.82) is 0 Å². The Hall–Kier alpha value is -0.160. The van der Waals surface area contributed by atoms with E-state index in [-0.39, 0.29) is 12.2 Å². The van der Waals surface area contributed by atoms with Gasteiger partial charge in [-0.1, -0.05) is 6.42 Å². The minimum absolute atomic E-state index is 0.235. The maximum atomic E-state index is 5.72. The molecule has 0 amide bonds. The second kappa shape index (κ2) is 7.22. The van der Waals surface area contributed by atoms with Crippen molar-refractivity contribution in [1.82, 2.24) is 4.90 Å². The van der Waals surface area contributed by atoms with Crippen molar-refractivity contribution in [2.24, 2.45) is 5.73 Å². The Morgan fingerprint density at radius 2 is 1.75 bits per heavy atom. The first-order valence-corrected chi connectivity index (χ1v) is 6.21. The van der Waals surface area contributed by atoms with Crippen LogP contribution in [0.5, 0.6) is 0 Å². The number of unbranched alkanes of at least 4 members (excludes halogenated alkanes) is 1. The van der Waals surface area contributed by atoms with Gasteiger partial charge in [0.15, 0.2) is 0 Å². The Morgan fingerprint density at radius 3 is 2.19 bits per heavy atom. The molecule has 4 nitrogen and oxygen atoms in total. The monoisotopic (exact) mass is 230 g/mol. The summed E-state index contributed by atoms with van der Waals surface area (Å²) in [7, 11) is 3.52. The van der Waals surface area contributed by atoms with Crippen LogP contribution >= 0.6 is 0 Å². The molecule has 16 heavy (non-hydrogen) atoms. The predicted octanol–water partition coefficient (Wildman–Crippen LogP) is 0.850. The SMILES string of the molecule is COC1CN(CCCCC(C)N)CC1OC. The van der Waals surface area contributed by atoms with Gasteiger partial charge in [0.1, 0.15) is 0 Å². The number of methoxy groups -OCH3 is 2. The largest absolute Gasteiger partial charge is 0.377 e. The molecule has 0 aromatic rings. The molecule has 1 aliphatic heterocycles. The fourth-order valence-corrected chi connectivity index (χ4v) is 2.26. The molecule has 96 valence electrons. The Kier molecular flexibility index (Phi) is 6.28. The maximum Gasteiger partial charge on any atom is 0.0971 e. The van der Waals surface area contributed by atoms with Crippen molar-refractivity contribution in [2.75, 3.05) is 33.9 Å². The number of nitrogens with zero attached hydrogens (tertiary/aromatic N) is 1. The third-order valence-corrected chi connectivity index (χ3v) is 3.28. The molecule has 0 aromatic carbocycles. The van der Waals surface area contributed by atoms with Crippen molar-refractivity contribution in [2.45, 2.75) is 44.4 Å². The number of rotatable bonds is 7. The molecule has 0 aromatic heterocycles. The van der Waals surface area contributed by atoms with Gasteiger partial charge in [-0.3, -0.25) is 4.90 Å². The van der Waals surface area contributed by atoms with Crippen LogP contribution in [0.3, 0.4) is 0 Å². The molecule has 0 spiro atoms. The van der Waals surface area contributed by atoms with Gasteiger partial charge in [-0.05, 0) is 26.3 Å². The average molecular weight is 230 g/mol. The van der Waals surface area contributed by atoms with E-state index in [0.717, 1.165) is 26.1 Å². The van der Waals surface area contributed by atoms with Gasteiger partial charge in [0.25, 0.3) is 0 Å². The van der Waals surface area contributed by atoms with Gasteiger partial charge < -0.3 is 15.2 Å². The summed E-state index contributed by atoms with van der Waals surface area (Å²) in [6.07, 6.45) is 4.02. The highest BCUT2D eigenvalue weighted by atomic mass is 16.5. The van der Waals surface area contributed by atoms with Gasteiger partial charge in [0.2, 0.25) is 0 Å². The molecule has 1 saturated heterocycles. The van der Waals surface area contributed by atoms with Crippen LogP contribution in [-0.4, -0.2) is 57.0 Å². The Morgan fingerprint density at radius 1 is 1.19 bits per heavy atom. The molecular formula is C12H26N2O2. The number of likely N-dealkylation sites (tertiary alicyclic amines) is 1. The molecule has 0 bridgehead atoms. The van der Waals surface area contributed by atoms with Crippen LogP contribution < -0.4 is 5.73 Å². The van der Waals surface area contributed by atoms with E-state index in [1.165, 1.54) is 12.8 Å². The molecule has 1 rings (SSSR count). The minimum Gasteiger partial charge on any atom is -0.377 e. The zero-order chi connectivity index (χ0) is 12.0. The smallest absolute Gasteiger partial charge is 0.0971 e. The van der Waals surface area contributed by atoms with E-state index >= 15 is 0 Å². The van der Waals surface area contributed by atoms with Crippen molar-refractivity contribution in [3.8, 4) is 0 Å². The molecule has 1 aliphatic rings. The van der Waals surface area contributed by atoms with Gasteiger partial charge in [-0.15, -0.1) is 0 Å². The maximum absolute atomic E-state index is 5.72. The molecule has 0 aliphatic carbocycles. The molecule has 0 saturated carbocycles. The summed E-state index contributed by atoms with van der Waals surface area (Å²) in [5, 5.41) is 0. The topological polar surface area (TPSA) is 47.7 Å².